The Hall–Kier alpha value is -2.45. The summed E-state index contributed by atoms with van der Waals surface area (Å²) in [7, 11) is 0. The summed E-state index contributed by atoms with van der Waals surface area (Å²) in [6, 6.07) is -0.169. The molecule has 21 heavy (non-hydrogen) atoms. The Kier molecular flexibility index (Phi) is 4.20. The van der Waals surface area contributed by atoms with Gasteiger partial charge in [-0.25, -0.2) is 0 Å². The highest BCUT2D eigenvalue weighted by Gasteiger charge is 2.32. The number of carbonyl (C=O) groups is 2. The number of aromatic nitrogens is 2. The Morgan fingerprint density at radius 2 is 2.29 bits per heavy atom. The van der Waals surface area contributed by atoms with Crippen LogP contribution in [0, 0.1) is 16.0 Å². The first kappa shape index (κ1) is 14.9. The average Bonchev–Trinajstić information content (AvgIpc) is 2.87. The summed E-state index contributed by atoms with van der Waals surface area (Å²) < 4.78 is 1.22. The van der Waals surface area contributed by atoms with Crippen LogP contribution in [0.3, 0.4) is 0 Å². The van der Waals surface area contributed by atoms with Crippen molar-refractivity contribution in [2.24, 2.45) is 5.92 Å². The second-order valence-corrected chi connectivity index (χ2v) is 5.15. The second-order valence-electron chi connectivity index (χ2n) is 5.15. The van der Waals surface area contributed by atoms with Crippen molar-refractivity contribution < 1.29 is 19.6 Å². The van der Waals surface area contributed by atoms with Gasteiger partial charge in [0.15, 0.2) is 0 Å². The van der Waals surface area contributed by atoms with Crippen LogP contribution < -0.4 is 0 Å². The number of carboxylic acid groups (broad SMARTS) is 1. The fourth-order valence-electron chi connectivity index (χ4n) is 2.53. The van der Waals surface area contributed by atoms with E-state index in [4.69, 9.17) is 5.11 Å². The van der Waals surface area contributed by atoms with Gasteiger partial charge in [-0.2, -0.15) is 5.10 Å². The van der Waals surface area contributed by atoms with Crippen molar-refractivity contribution >= 4 is 17.6 Å². The number of hydrogen-bond donors (Lipinski definition) is 1. The van der Waals surface area contributed by atoms with E-state index < -0.39 is 16.8 Å². The molecule has 0 aromatic carbocycles. The van der Waals surface area contributed by atoms with Gasteiger partial charge in [0.2, 0.25) is 5.91 Å². The van der Waals surface area contributed by atoms with Crippen LogP contribution in [0.15, 0.2) is 12.4 Å². The predicted octanol–water partition coefficient (Wildman–Crippen LogP) is 0.503. The standard InChI is InChI=1S/C12H16N4O5/c1-8-4-9(12(18)19)2-3-15(8)11(17)7-14-6-10(5-13-14)16(20)21/h5-6,8-9H,2-4,7H2,1H3,(H,18,19). The Morgan fingerprint density at radius 1 is 1.57 bits per heavy atom. The van der Waals surface area contributed by atoms with E-state index in [9.17, 15) is 19.7 Å². The third kappa shape index (κ3) is 3.36. The lowest BCUT2D eigenvalue weighted by Gasteiger charge is -2.36. The van der Waals surface area contributed by atoms with Gasteiger partial charge in [0.05, 0.1) is 10.8 Å². The number of aliphatic carboxylic acids is 1. The summed E-state index contributed by atoms with van der Waals surface area (Å²) in [6.45, 7) is 2.09. The predicted molar refractivity (Wildman–Crippen MR) is 70.4 cm³/mol. The highest BCUT2D eigenvalue weighted by atomic mass is 16.6. The molecule has 1 aliphatic heterocycles. The molecule has 0 saturated carbocycles. The van der Waals surface area contributed by atoms with Crippen molar-refractivity contribution in [2.75, 3.05) is 6.54 Å². The minimum atomic E-state index is -0.836. The number of amides is 1. The van der Waals surface area contributed by atoms with Gasteiger partial charge in [0.25, 0.3) is 0 Å². The number of carbonyl (C=O) groups excluding carboxylic acids is 1. The Balaban J connectivity index is 1.97. The number of piperidine rings is 1. The summed E-state index contributed by atoms with van der Waals surface area (Å²) in [5.41, 5.74) is -0.166. The van der Waals surface area contributed by atoms with Gasteiger partial charge in [-0.1, -0.05) is 0 Å². The molecule has 0 spiro atoms. The number of likely N-dealkylation sites (tertiary alicyclic amines) is 1. The van der Waals surface area contributed by atoms with Gasteiger partial charge in [-0.15, -0.1) is 0 Å². The van der Waals surface area contributed by atoms with Crippen LogP contribution >= 0.6 is 0 Å². The second kappa shape index (κ2) is 5.90. The molecule has 1 N–H and O–H groups in total. The van der Waals surface area contributed by atoms with E-state index in [0.29, 0.717) is 19.4 Å². The lowest BCUT2D eigenvalue weighted by molar-refractivity contribution is -0.385. The van der Waals surface area contributed by atoms with Crippen LogP contribution in [0.1, 0.15) is 19.8 Å². The lowest BCUT2D eigenvalue weighted by Crippen LogP contribution is -2.47. The molecule has 1 fully saturated rings. The number of hydrogen-bond acceptors (Lipinski definition) is 5. The molecule has 9 nitrogen and oxygen atoms in total. The van der Waals surface area contributed by atoms with E-state index in [1.165, 1.54) is 10.9 Å². The number of nitro groups is 1. The zero-order valence-corrected chi connectivity index (χ0v) is 11.5. The Morgan fingerprint density at radius 3 is 2.81 bits per heavy atom. The number of rotatable bonds is 4. The van der Waals surface area contributed by atoms with Crippen LogP contribution in [0.25, 0.3) is 0 Å². The van der Waals surface area contributed by atoms with Crippen LogP contribution in [0.2, 0.25) is 0 Å². The molecule has 1 aromatic heterocycles. The van der Waals surface area contributed by atoms with Gasteiger partial charge in [0.1, 0.15) is 18.9 Å². The van der Waals surface area contributed by atoms with Crippen LogP contribution in [-0.4, -0.2) is 49.2 Å². The molecule has 2 unspecified atom stereocenters. The Bertz CT molecular complexity index is 570. The van der Waals surface area contributed by atoms with E-state index in [1.807, 2.05) is 0 Å². The fourth-order valence-corrected chi connectivity index (χ4v) is 2.53. The molecular weight excluding hydrogens is 280 g/mol. The summed E-state index contributed by atoms with van der Waals surface area (Å²) in [5.74, 6) is -1.48. The van der Waals surface area contributed by atoms with E-state index in [0.717, 1.165) is 6.20 Å². The van der Waals surface area contributed by atoms with E-state index >= 15 is 0 Å². The zero-order valence-electron chi connectivity index (χ0n) is 11.5. The average molecular weight is 296 g/mol. The van der Waals surface area contributed by atoms with Crippen molar-refractivity contribution in [3.05, 3.63) is 22.5 Å². The molecule has 114 valence electrons. The van der Waals surface area contributed by atoms with Gasteiger partial charge in [-0.3, -0.25) is 24.4 Å². The van der Waals surface area contributed by atoms with Crippen LogP contribution in [0.5, 0.6) is 0 Å². The van der Waals surface area contributed by atoms with Crippen molar-refractivity contribution in [2.45, 2.75) is 32.4 Å². The lowest BCUT2D eigenvalue weighted by atomic mass is 9.92. The third-order valence-electron chi connectivity index (χ3n) is 3.67. The first-order valence-corrected chi connectivity index (χ1v) is 6.57. The first-order chi connectivity index (χ1) is 9.88. The van der Waals surface area contributed by atoms with Gasteiger partial charge >= 0.3 is 11.7 Å². The van der Waals surface area contributed by atoms with E-state index in [1.54, 1.807) is 11.8 Å². The molecule has 1 saturated heterocycles. The Labute approximate surface area is 120 Å². The largest absolute Gasteiger partial charge is 0.481 e. The molecule has 1 aromatic rings. The minimum absolute atomic E-state index is 0.0874. The third-order valence-corrected chi connectivity index (χ3v) is 3.67. The number of nitrogens with zero attached hydrogens (tertiary/aromatic N) is 4. The van der Waals surface area contributed by atoms with E-state index in [-0.39, 0.29) is 24.2 Å². The molecule has 1 amide bonds. The summed E-state index contributed by atoms with van der Waals surface area (Å²) in [4.78, 5) is 34.7. The first-order valence-electron chi connectivity index (χ1n) is 6.57. The highest BCUT2D eigenvalue weighted by molar-refractivity contribution is 5.77. The molecule has 0 radical (unpaired) electrons. The van der Waals surface area contributed by atoms with Crippen molar-refractivity contribution in [3.8, 4) is 0 Å². The normalized spacial score (nSPS) is 22.0. The van der Waals surface area contributed by atoms with Crippen molar-refractivity contribution in [3.63, 3.8) is 0 Å². The smallest absolute Gasteiger partial charge is 0.307 e. The molecule has 2 rings (SSSR count). The van der Waals surface area contributed by atoms with Crippen LogP contribution in [-0.2, 0) is 16.1 Å². The van der Waals surface area contributed by atoms with Gasteiger partial charge < -0.3 is 10.0 Å². The monoisotopic (exact) mass is 296 g/mol. The zero-order chi connectivity index (χ0) is 15.6. The maximum atomic E-state index is 12.2. The summed E-state index contributed by atoms with van der Waals surface area (Å²) >= 11 is 0. The minimum Gasteiger partial charge on any atom is -0.481 e. The molecule has 9 heteroatoms. The topological polar surface area (TPSA) is 119 Å². The molecule has 2 heterocycles. The summed E-state index contributed by atoms with van der Waals surface area (Å²) in [5, 5.41) is 23.3. The maximum Gasteiger partial charge on any atom is 0.307 e. The maximum absolute atomic E-state index is 12.2. The van der Waals surface area contributed by atoms with Gasteiger partial charge in [0, 0.05) is 12.6 Å². The molecule has 0 aliphatic carbocycles. The van der Waals surface area contributed by atoms with Crippen molar-refractivity contribution in [1.29, 1.82) is 0 Å². The quantitative estimate of drug-likeness (QED) is 0.638. The van der Waals surface area contributed by atoms with Crippen molar-refractivity contribution in [1.82, 2.24) is 14.7 Å². The summed E-state index contributed by atoms with van der Waals surface area (Å²) in [6.07, 6.45) is 3.13. The van der Waals surface area contributed by atoms with Crippen LogP contribution in [0.4, 0.5) is 5.69 Å². The van der Waals surface area contributed by atoms with Gasteiger partial charge in [-0.05, 0) is 19.8 Å². The molecular formula is C12H16N4O5. The molecule has 1 aliphatic rings. The highest BCUT2D eigenvalue weighted by Crippen LogP contribution is 2.23. The number of carboxylic acids is 1. The van der Waals surface area contributed by atoms with E-state index in [2.05, 4.69) is 5.10 Å². The molecule has 2 atom stereocenters. The fraction of sp³-hybridized carbons (Fsp3) is 0.583. The SMILES string of the molecule is CC1CC(C(=O)O)CCN1C(=O)Cn1cc([N+](=O)[O-])cn1. The molecule has 0 bridgehead atoms.